The number of fused-ring (bicyclic) bond motifs is 1. The van der Waals surface area contributed by atoms with Crippen LogP contribution in [0.25, 0.3) is 0 Å². The summed E-state index contributed by atoms with van der Waals surface area (Å²) in [6.07, 6.45) is 9.47. The first-order valence-electron chi connectivity index (χ1n) is 11.0. The van der Waals surface area contributed by atoms with E-state index in [2.05, 4.69) is 45.0 Å². The van der Waals surface area contributed by atoms with Gasteiger partial charge >= 0.3 is 0 Å². The average molecular weight is 383 g/mol. The first kappa shape index (κ1) is 19.4. The molecule has 0 unspecified atom stereocenters. The van der Waals surface area contributed by atoms with Gasteiger partial charge in [0.25, 0.3) is 0 Å². The molecule has 0 atom stereocenters. The van der Waals surface area contributed by atoms with E-state index in [0.717, 1.165) is 44.1 Å². The Bertz CT molecular complexity index is 790. The van der Waals surface area contributed by atoms with Gasteiger partial charge in [0.05, 0.1) is 5.69 Å². The third-order valence-electron chi connectivity index (χ3n) is 6.34. The molecule has 152 valence electrons. The minimum atomic E-state index is 0.616. The fourth-order valence-corrected chi connectivity index (χ4v) is 4.74. The van der Waals surface area contributed by atoms with E-state index in [0.29, 0.717) is 6.04 Å². The van der Waals surface area contributed by atoms with Gasteiger partial charge in [-0.2, -0.15) is 5.10 Å². The van der Waals surface area contributed by atoms with Crippen molar-refractivity contribution in [2.45, 2.75) is 77.8 Å². The smallest absolute Gasteiger partial charge is 0.132 e. The number of hydrogen-bond donors (Lipinski definition) is 1. The number of nitrogens with one attached hydrogen (secondary N) is 1. The van der Waals surface area contributed by atoms with Gasteiger partial charge in [0.2, 0.25) is 0 Å². The zero-order chi connectivity index (χ0) is 19.5. The Balaban J connectivity index is 1.35. The summed E-state index contributed by atoms with van der Waals surface area (Å²) >= 11 is 0. The van der Waals surface area contributed by atoms with Crippen molar-refractivity contribution >= 4 is 5.82 Å². The van der Waals surface area contributed by atoms with Crippen molar-refractivity contribution in [3.05, 3.63) is 34.5 Å². The minimum Gasteiger partial charge on any atom is -0.356 e. The lowest BCUT2D eigenvalue weighted by molar-refractivity contribution is 0.197. The number of piperidine rings is 1. The van der Waals surface area contributed by atoms with Crippen molar-refractivity contribution < 1.29 is 0 Å². The third kappa shape index (κ3) is 4.22. The molecule has 0 amide bonds. The van der Waals surface area contributed by atoms with Gasteiger partial charge in [-0.25, -0.2) is 9.97 Å². The SMILES string of the molecule is CCCc1cc(N2CCC(N(C)Cc3n[nH]c4c3CCCC4)CC2)nc(C)n1. The maximum Gasteiger partial charge on any atom is 0.132 e. The number of rotatable bonds is 6. The standard InChI is InChI=1S/C22H34N6/c1-4-7-17-14-22(24-16(2)23-17)28-12-10-18(11-13-28)27(3)15-21-19-8-5-6-9-20(19)25-26-21/h14,18H,4-13,15H2,1-3H3,(H,25,26). The van der Waals surface area contributed by atoms with Crippen LogP contribution in [0.4, 0.5) is 5.82 Å². The molecule has 1 aliphatic heterocycles. The Morgan fingerprint density at radius 3 is 2.75 bits per heavy atom. The molecule has 28 heavy (non-hydrogen) atoms. The number of anilines is 1. The molecule has 2 aliphatic rings. The van der Waals surface area contributed by atoms with Crippen LogP contribution < -0.4 is 4.90 Å². The minimum absolute atomic E-state index is 0.616. The van der Waals surface area contributed by atoms with Crippen molar-refractivity contribution in [1.29, 1.82) is 0 Å². The molecule has 4 rings (SSSR count). The topological polar surface area (TPSA) is 60.9 Å². The molecule has 1 N–H and O–H groups in total. The molecular formula is C22H34N6. The number of aryl methyl sites for hydroxylation is 3. The van der Waals surface area contributed by atoms with E-state index >= 15 is 0 Å². The Labute approximate surface area is 168 Å². The highest BCUT2D eigenvalue weighted by atomic mass is 15.2. The predicted octanol–water partition coefficient (Wildman–Crippen LogP) is 3.44. The highest BCUT2D eigenvalue weighted by Crippen LogP contribution is 2.26. The zero-order valence-corrected chi connectivity index (χ0v) is 17.7. The Morgan fingerprint density at radius 1 is 1.18 bits per heavy atom. The van der Waals surface area contributed by atoms with Gasteiger partial charge in [0, 0.05) is 43.1 Å². The molecule has 1 aliphatic carbocycles. The van der Waals surface area contributed by atoms with Crippen LogP contribution in [0.2, 0.25) is 0 Å². The molecule has 0 radical (unpaired) electrons. The lowest BCUT2D eigenvalue weighted by atomic mass is 9.95. The molecule has 3 heterocycles. The summed E-state index contributed by atoms with van der Waals surface area (Å²) in [6.45, 7) is 7.30. The van der Waals surface area contributed by atoms with Gasteiger partial charge in [0.15, 0.2) is 0 Å². The molecule has 1 fully saturated rings. The molecule has 0 spiro atoms. The van der Waals surface area contributed by atoms with Crippen LogP contribution >= 0.6 is 0 Å². The summed E-state index contributed by atoms with van der Waals surface area (Å²) in [5, 5.41) is 7.92. The number of hydrogen-bond acceptors (Lipinski definition) is 5. The summed E-state index contributed by atoms with van der Waals surface area (Å²) in [4.78, 5) is 14.2. The fourth-order valence-electron chi connectivity index (χ4n) is 4.74. The van der Waals surface area contributed by atoms with E-state index in [9.17, 15) is 0 Å². The number of nitrogens with zero attached hydrogens (tertiary/aromatic N) is 5. The third-order valence-corrected chi connectivity index (χ3v) is 6.34. The second kappa shape index (κ2) is 8.60. The molecule has 6 nitrogen and oxygen atoms in total. The summed E-state index contributed by atoms with van der Waals surface area (Å²) in [5.74, 6) is 2.00. The second-order valence-corrected chi connectivity index (χ2v) is 8.48. The molecule has 0 saturated carbocycles. The van der Waals surface area contributed by atoms with Crippen LogP contribution in [0, 0.1) is 6.92 Å². The average Bonchev–Trinajstić information content (AvgIpc) is 3.11. The van der Waals surface area contributed by atoms with Crippen LogP contribution in [-0.4, -0.2) is 51.2 Å². The summed E-state index contributed by atoms with van der Waals surface area (Å²) < 4.78 is 0. The highest BCUT2D eigenvalue weighted by Gasteiger charge is 2.25. The first-order valence-corrected chi connectivity index (χ1v) is 11.0. The van der Waals surface area contributed by atoms with Gasteiger partial charge in [-0.3, -0.25) is 10.00 Å². The van der Waals surface area contributed by atoms with Crippen LogP contribution in [0.1, 0.15) is 67.5 Å². The van der Waals surface area contributed by atoms with Gasteiger partial charge in [-0.1, -0.05) is 13.3 Å². The van der Waals surface area contributed by atoms with E-state index in [1.54, 1.807) is 0 Å². The quantitative estimate of drug-likeness (QED) is 0.829. The molecule has 6 heteroatoms. The molecule has 2 aromatic rings. The van der Waals surface area contributed by atoms with E-state index < -0.39 is 0 Å². The Hall–Kier alpha value is -1.95. The number of aromatic amines is 1. The van der Waals surface area contributed by atoms with E-state index in [4.69, 9.17) is 4.98 Å². The van der Waals surface area contributed by atoms with Crippen molar-refractivity contribution in [2.24, 2.45) is 0 Å². The van der Waals surface area contributed by atoms with Gasteiger partial charge < -0.3 is 4.90 Å². The maximum atomic E-state index is 4.71. The molecule has 0 aromatic carbocycles. The zero-order valence-electron chi connectivity index (χ0n) is 17.7. The van der Waals surface area contributed by atoms with Gasteiger partial charge in [-0.05, 0) is 64.5 Å². The number of aromatic nitrogens is 4. The number of H-pyrrole nitrogens is 1. The van der Waals surface area contributed by atoms with Crippen LogP contribution in [0.15, 0.2) is 6.07 Å². The lowest BCUT2D eigenvalue weighted by Crippen LogP contribution is -2.43. The predicted molar refractivity (Wildman–Crippen MR) is 113 cm³/mol. The van der Waals surface area contributed by atoms with Crippen LogP contribution in [0.3, 0.4) is 0 Å². The highest BCUT2D eigenvalue weighted by molar-refractivity contribution is 5.40. The molecule has 0 bridgehead atoms. The van der Waals surface area contributed by atoms with Crippen molar-refractivity contribution in [2.75, 3.05) is 25.0 Å². The van der Waals surface area contributed by atoms with Crippen LogP contribution in [-0.2, 0) is 25.8 Å². The lowest BCUT2D eigenvalue weighted by Gasteiger charge is -2.37. The Kier molecular flexibility index (Phi) is 5.95. The summed E-state index contributed by atoms with van der Waals surface area (Å²) in [7, 11) is 2.26. The van der Waals surface area contributed by atoms with Crippen molar-refractivity contribution in [3.63, 3.8) is 0 Å². The van der Waals surface area contributed by atoms with Crippen molar-refractivity contribution in [1.82, 2.24) is 25.1 Å². The fraction of sp³-hybridized carbons (Fsp3) is 0.682. The first-order chi connectivity index (χ1) is 13.6. The molecular weight excluding hydrogens is 348 g/mol. The normalized spacial score (nSPS) is 17.9. The largest absolute Gasteiger partial charge is 0.356 e. The van der Waals surface area contributed by atoms with E-state index in [-0.39, 0.29) is 0 Å². The van der Waals surface area contributed by atoms with Crippen LogP contribution in [0.5, 0.6) is 0 Å². The molecule has 2 aromatic heterocycles. The molecule has 1 saturated heterocycles. The van der Waals surface area contributed by atoms with Gasteiger partial charge in [0.1, 0.15) is 11.6 Å². The Morgan fingerprint density at radius 2 is 1.96 bits per heavy atom. The summed E-state index contributed by atoms with van der Waals surface area (Å²) in [5.41, 5.74) is 5.32. The van der Waals surface area contributed by atoms with E-state index in [1.807, 2.05) is 6.92 Å². The summed E-state index contributed by atoms with van der Waals surface area (Å²) in [6, 6.07) is 2.81. The second-order valence-electron chi connectivity index (χ2n) is 8.48. The van der Waals surface area contributed by atoms with E-state index in [1.165, 1.54) is 61.2 Å². The monoisotopic (exact) mass is 382 g/mol. The maximum absolute atomic E-state index is 4.71. The van der Waals surface area contributed by atoms with Gasteiger partial charge in [-0.15, -0.1) is 0 Å². The van der Waals surface area contributed by atoms with Crippen molar-refractivity contribution in [3.8, 4) is 0 Å².